The summed E-state index contributed by atoms with van der Waals surface area (Å²) >= 11 is 0. The second-order valence-electron chi connectivity index (χ2n) is 4.95. The van der Waals surface area contributed by atoms with E-state index in [1.54, 1.807) is 12.5 Å². The molecule has 0 spiro atoms. The van der Waals surface area contributed by atoms with Gasteiger partial charge in [-0.05, 0) is 38.0 Å². The number of ether oxygens (including phenoxy) is 1. The van der Waals surface area contributed by atoms with Gasteiger partial charge >= 0.3 is 0 Å². The van der Waals surface area contributed by atoms with E-state index in [1.807, 2.05) is 25.1 Å². The van der Waals surface area contributed by atoms with E-state index in [0.717, 1.165) is 29.3 Å². The Morgan fingerprint density at radius 3 is 3.00 bits per heavy atom. The summed E-state index contributed by atoms with van der Waals surface area (Å²) < 4.78 is 11.2. The molecule has 0 saturated heterocycles. The summed E-state index contributed by atoms with van der Waals surface area (Å²) in [6.45, 7) is 3.26. The van der Waals surface area contributed by atoms with Gasteiger partial charge in [-0.3, -0.25) is 4.98 Å². The molecule has 0 atom stereocenters. The van der Waals surface area contributed by atoms with Crippen LogP contribution in [-0.4, -0.2) is 11.0 Å². The Hall–Kier alpha value is -1.81. The van der Waals surface area contributed by atoms with Crippen LogP contribution in [0.4, 0.5) is 0 Å². The molecule has 0 aromatic carbocycles. The van der Waals surface area contributed by atoms with Crippen LogP contribution >= 0.6 is 0 Å². The van der Waals surface area contributed by atoms with Gasteiger partial charge in [-0.25, -0.2) is 0 Å². The number of pyridine rings is 1. The normalized spacial score (nSPS) is 14.6. The fourth-order valence-corrected chi connectivity index (χ4v) is 1.88. The summed E-state index contributed by atoms with van der Waals surface area (Å²) in [5.74, 6) is 1.75. The second-order valence-corrected chi connectivity index (χ2v) is 4.95. The van der Waals surface area contributed by atoms with Gasteiger partial charge in [0.2, 0.25) is 0 Å². The Balaban J connectivity index is 1.56. The number of hydrogen-bond acceptors (Lipinski definition) is 4. The highest BCUT2D eigenvalue weighted by atomic mass is 16.5. The van der Waals surface area contributed by atoms with Crippen LogP contribution in [0.3, 0.4) is 0 Å². The van der Waals surface area contributed by atoms with Crippen LogP contribution < -0.4 is 10.1 Å². The molecule has 2 aromatic rings. The molecule has 1 fully saturated rings. The zero-order valence-corrected chi connectivity index (χ0v) is 11.1. The number of aryl methyl sites for hydroxylation is 1. The molecule has 4 heteroatoms. The zero-order chi connectivity index (χ0) is 13.1. The molecule has 4 nitrogen and oxygen atoms in total. The van der Waals surface area contributed by atoms with E-state index in [2.05, 4.69) is 10.3 Å². The van der Waals surface area contributed by atoms with Crippen molar-refractivity contribution >= 4 is 0 Å². The van der Waals surface area contributed by atoms with Crippen LogP contribution in [0, 0.1) is 6.92 Å². The third-order valence-corrected chi connectivity index (χ3v) is 3.24. The minimum Gasteiger partial charge on any atom is -0.487 e. The van der Waals surface area contributed by atoms with E-state index in [4.69, 9.17) is 9.15 Å². The maximum absolute atomic E-state index is 5.72. The number of nitrogens with one attached hydrogen (secondary N) is 1. The van der Waals surface area contributed by atoms with Gasteiger partial charge in [0, 0.05) is 17.3 Å². The van der Waals surface area contributed by atoms with Gasteiger partial charge in [-0.1, -0.05) is 0 Å². The Morgan fingerprint density at radius 1 is 1.37 bits per heavy atom. The smallest absolute Gasteiger partial charge is 0.138 e. The highest BCUT2D eigenvalue weighted by molar-refractivity contribution is 5.21. The first-order valence-corrected chi connectivity index (χ1v) is 6.65. The lowest BCUT2D eigenvalue weighted by molar-refractivity contribution is 0.300. The highest BCUT2D eigenvalue weighted by Crippen LogP contribution is 2.21. The molecular formula is C15H18N2O2. The van der Waals surface area contributed by atoms with Crippen molar-refractivity contribution in [2.45, 2.75) is 39.0 Å². The van der Waals surface area contributed by atoms with Gasteiger partial charge in [-0.2, -0.15) is 0 Å². The topological polar surface area (TPSA) is 47.3 Å². The second kappa shape index (κ2) is 5.45. The lowest BCUT2D eigenvalue weighted by atomic mass is 10.2. The van der Waals surface area contributed by atoms with Gasteiger partial charge in [-0.15, -0.1) is 0 Å². The van der Waals surface area contributed by atoms with Gasteiger partial charge in [0.25, 0.3) is 0 Å². The number of aromatic nitrogens is 1. The van der Waals surface area contributed by atoms with E-state index < -0.39 is 0 Å². The monoisotopic (exact) mass is 258 g/mol. The van der Waals surface area contributed by atoms with Gasteiger partial charge in [0.15, 0.2) is 0 Å². The van der Waals surface area contributed by atoms with Crippen LogP contribution in [0.2, 0.25) is 0 Å². The van der Waals surface area contributed by atoms with Gasteiger partial charge < -0.3 is 14.5 Å². The molecule has 2 heterocycles. The summed E-state index contributed by atoms with van der Waals surface area (Å²) in [5, 5.41) is 3.44. The summed E-state index contributed by atoms with van der Waals surface area (Å²) in [5.41, 5.74) is 2.08. The molecular weight excluding hydrogens is 240 g/mol. The molecule has 0 amide bonds. The molecule has 1 saturated carbocycles. The molecule has 1 aliphatic rings. The largest absolute Gasteiger partial charge is 0.487 e. The Labute approximate surface area is 112 Å². The standard InChI is InChI=1S/C15H18N2O2/c1-11-2-5-14(8-16-11)19-10-12-6-7-18-15(12)9-17-13-3-4-13/h2,5-8,13,17H,3-4,9-10H2,1H3. The van der Waals surface area contributed by atoms with Crippen molar-refractivity contribution in [3.8, 4) is 5.75 Å². The lowest BCUT2D eigenvalue weighted by Gasteiger charge is -2.07. The minimum absolute atomic E-state index is 0.517. The third kappa shape index (κ3) is 3.35. The number of furan rings is 1. The quantitative estimate of drug-likeness (QED) is 0.865. The predicted octanol–water partition coefficient (Wildman–Crippen LogP) is 2.81. The average Bonchev–Trinajstić information content (AvgIpc) is 3.15. The van der Waals surface area contributed by atoms with Crippen molar-refractivity contribution in [3.63, 3.8) is 0 Å². The average molecular weight is 258 g/mol. The summed E-state index contributed by atoms with van der Waals surface area (Å²) in [7, 11) is 0. The third-order valence-electron chi connectivity index (χ3n) is 3.24. The number of rotatable bonds is 6. The molecule has 1 N–H and O–H groups in total. The lowest BCUT2D eigenvalue weighted by Crippen LogP contribution is -2.16. The molecule has 0 bridgehead atoms. The van der Waals surface area contributed by atoms with Crippen molar-refractivity contribution in [2.24, 2.45) is 0 Å². The first kappa shape index (κ1) is 12.2. The number of nitrogens with zero attached hydrogens (tertiary/aromatic N) is 1. The van der Waals surface area contributed by atoms with Gasteiger partial charge in [0.05, 0.1) is 19.0 Å². The summed E-state index contributed by atoms with van der Waals surface area (Å²) in [4.78, 5) is 4.21. The van der Waals surface area contributed by atoms with Crippen LogP contribution in [0.1, 0.15) is 29.9 Å². The predicted molar refractivity (Wildman–Crippen MR) is 71.9 cm³/mol. The Morgan fingerprint density at radius 2 is 2.26 bits per heavy atom. The first-order valence-electron chi connectivity index (χ1n) is 6.65. The SMILES string of the molecule is Cc1ccc(OCc2ccoc2CNC2CC2)cn1. The molecule has 2 aromatic heterocycles. The minimum atomic E-state index is 0.517. The van der Waals surface area contributed by atoms with E-state index in [0.29, 0.717) is 12.6 Å². The highest BCUT2D eigenvalue weighted by Gasteiger charge is 2.21. The molecule has 3 rings (SSSR count). The van der Waals surface area contributed by atoms with Crippen molar-refractivity contribution in [1.29, 1.82) is 0 Å². The number of hydrogen-bond donors (Lipinski definition) is 1. The van der Waals surface area contributed by atoms with Crippen molar-refractivity contribution in [2.75, 3.05) is 0 Å². The van der Waals surface area contributed by atoms with E-state index in [1.165, 1.54) is 12.8 Å². The summed E-state index contributed by atoms with van der Waals surface area (Å²) in [6, 6.07) is 6.52. The fraction of sp³-hybridized carbons (Fsp3) is 0.400. The Bertz CT molecular complexity index is 529. The van der Waals surface area contributed by atoms with E-state index in [-0.39, 0.29) is 0 Å². The fourth-order valence-electron chi connectivity index (χ4n) is 1.88. The molecule has 0 unspecified atom stereocenters. The molecule has 1 aliphatic carbocycles. The summed E-state index contributed by atoms with van der Waals surface area (Å²) in [6.07, 6.45) is 6.02. The van der Waals surface area contributed by atoms with Crippen LogP contribution in [0.5, 0.6) is 5.75 Å². The first-order chi connectivity index (χ1) is 9.31. The maximum atomic E-state index is 5.72. The van der Waals surface area contributed by atoms with Crippen molar-refractivity contribution < 1.29 is 9.15 Å². The van der Waals surface area contributed by atoms with Crippen molar-refractivity contribution in [1.82, 2.24) is 10.3 Å². The Kier molecular flexibility index (Phi) is 3.51. The van der Waals surface area contributed by atoms with E-state index in [9.17, 15) is 0 Å². The van der Waals surface area contributed by atoms with Crippen molar-refractivity contribution in [3.05, 3.63) is 47.7 Å². The zero-order valence-electron chi connectivity index (χ0n) is 11.1. The van der Waals surface area contributed by atoms with Crippen LogP contribution in [-0.2, 0) is 13.2 Å². The maximum Gasteiger partial charge on any atom is 0.138 e. The van der Waals surface area contributed by atoms with Crippen LogP contribution in [0.15, 0.2) is 35.1 Å². The molecule has 0 aliphatic heterocycles. The molecule has 19 heavy (non-hydrogen) atoms. The van der Waals surface area contributed by atoms with Crippen LogP contribution in [0.25, 0.3) is 0 Å². The van der Waals surface area contributed by atoms with Gasteiger partial charge in [0.1, 0.15) is 18.1 Å². The molecule has 0 radical (unpaired) electrons. The van der Waals surface area contributed by atoms with E-state index >= 15 is 0 Å². The molecule has 100 valence electrons.